The second kappa shape index (κ2) is 7.39. The van der Waals surface area contributed by atoms with E-state index in [1.807, 2.05) is 30.0 Å². The molecule has 1 aromatic carbocycles. The van der Waals surface area contributed by atoms with Gasteiger partial charge in [-0.15, -0.1) is 0 Å². The van der Waals surface area contributed by atoms with Crippen LogP contribution in [0.1, 0.15) is 30.4 Å². The number of fused-ring (bicyclic) bond motifs is 1. The van der Waals surface area contributed by atoms with Crippen LogP contribution < -0.4 is 5.32 Å². The van der Waals surface area contributed by atoms with Crippen molar-refractivity contribution in [2.24, 2.45) is 11.3 Å². The van der Waals surface area contributed by atoms with Gasteiger partial charge in [0, 0.05) is 19.2 Å². The minimum Gasteiger partial charge on any atom is -0.481 e. The van der Waals surface area contributed by atoms with E-state index in [0.717, 1.165) is 18.4 Å². The zero-order chi connectivity index (χ0) is 19.7. The van der Waals surface area contributed by atoms with E-state index < -0.39 is 11.4 Å². The first kappa shape index (κ1) is 18.7. The molecule has 2 aromatic rings. The van der Waals surface area contributed by atoms with Crippen molar-refractivity contribution in [1.82, 2.24) is 14.7 Å². The lowest BCUT2D eigenvalue weighted by atomic mass is 9.81. The smallest absolute Gasteiger partial charge is 0.311 e. The molecular formula is C21H26N4O3. The van der Waals surface area contributed by atoms with E-state index in [0.29, 0.717) is 31.9 Å². The summed E-state index contributed by atoms with van der Waals surface area (Å²) < 4.78 is 1.77. The van der Waals surface area contributed by atoms with E-state index in [9.17, 15) is 14.7 Å². The molecule has 2 atom stereocenters. The van der Waals surface area contributed by atoms with Crippen LogP contribution in [0.15, 0.2) is 36.5 Å². The van der Waals surface area contributed by atoms with Crippen molar-refractivity contribution < 1.29 is 14.7 Å². The molecule has 1 aliphatic carbocycles. The Labute approximate surface area is 164 Å². The number of carboxylic acids is 1. The summed E-state index contributed by atoms with van der Waals surface area (Å²) in [6.45, 7) is 3.98. The predicted molar refractivity (Wildman–Crippen MR) is 105 cm³/mol. The second-order valence-electron chi connectivity index (χ2n) is 8.13. The fourth-order valence-corrected chi connectivity index (χ4v) is 4.80. The number of amides is 1. The Morgan fingerprint density at radius 2 is 2.21 bits per heavy atom. The van der Waals surface area contributed by atoms with Crippen LogP contribution in [0.2, 0.25) is 0 Å². The van der Waals surface area contributed by atoms with Gasteiger partial charge in [0.05, 0.1) is 24.7 Å². The molecule has 2 N–H and O–H groups in total. The minimum atomic E-state index is -0.714. The van der Waals surface area contributed by atoms with Gasteiger partial charge in [0.25, 0.3) is 0 Å². The maximum atomic E-state index is 12.6. The van der Waals surface area contributed by atoms with Gasteiger partial charge < -0.3 is 10.4 Å². The van der Waals surface area contributed by atoms with Crippen molar-refractivity contribution in [3.8, 4) is 0 Å². The molecular weight excluding hydrogens is 356 g/mol. The molecule has 1 aromatic heterocycles. The summed E-state index contributed by atoms with van der Waals surface area (Å²) in [5, 5.41) is 16.9. The Morgan fingerprint density at radius 1 is 1.36 bits per heavy atom. The molecule has 0 radical (unpaired) electrons. The van der Waals surface area contributed by atoms with Crippen LogP contribution in [0, 0.1) is 18.3 Å². The molecule has 2 fully saturated rings. The van der Waals surface area contributed by atoms with Crippen molar-refractivity contribution in [1.29, 1.82) is 0 Å². The lowest BCUT2D eigenvalue weighted by Crippen LogP contribution is -2.37. The number of aryl methyl sites for hydroxylation is 1. The number of anilines is 1. The molecule has 0 spiro atoms. The molecule has 2 aliphatic rings. The monoisotopic (exact) mass is 382 g/mol. The van der Waals surface area contributed by atoms with Gasteiger partial charge in [0.15, 0.2) is 0 Å². The highest BCUT2D eigenvalue weighted by Gasteiger charge is 2.54. The summed E-state index contributed by atoms with van der Waals surface area (Å²) in [5.41, 5.74) is 1.64. The highest BCUT2D eigenvalue weighted by Crippen LogP contribution is 2.48. The van der Waals surface area contributed by atoms with Crippen LogP contribution in [-0.2, 0) is 16.1 Å². The lowest BCUT2D eigenvalue weighted by molar-refractivity contribution is -0.149. The first-order chi connectivity index (χ1) is 13.5. The van der Waals surface area contributed by atoms with Gasteiger partial charge in [-0.25, -0.2) is 4.68 Å². The Hall–Kier alpha value is -2.67. The third-order valence-corrected chi connectivity index (χ3v) is 6.13. The summed E-state index contributed by atoms with van der Waals surface area (Å²) in [5.74, 6) is -0.0378. The summed E-state index contributed by atoms with van der Waals surface area (Å²) in [4.78, 5) is 26.4. The number of hydrogen-bond acceptors (Lipinski definition) is 4. The van der Waals surface area contributed by atoms with Crippen molar-refractivity contribution in [3.63, 3.8) is 0 Å². The van der Waals surface area contributed by atoms with Crippen LogP contribution in [-0.4, -0.2) is 51.3 Å². The molecule has 148 valence electrons. The van der Waals surface area contributed by atoms with Gasteiger partial charge in [-0.3, -0.25) is 14.5 Å². The summed E-state index contributed by atoms with van der Waals surface area (Å²) in [6, 6.07) is 9.97. The number of carboxylic acid groups (broad SMARTS) is 1. The van der Waals surface area contributed by atoms with Crippen LogP contribution in [0.4, 0.5) is 5.82 Å². The minimum absolute atomic E-state index is 0.133. The van der Waals surface area contributed by atoms with Crippen molar-refractivity contribution in [3.05, 3.63) is 47.7 Å². The maximum Gasteiger partial charge on any atom is 0.311 e. The van der Waals surface area contributed by atoms with Crippen LogP contribution in [0.25, 0.3) is 0 Å². The predicted octanol–water partition coefficient (Wildman–Crippen LogP) is 2.37. The average Bonchev–Trinajstić information content (AvgIpc) is 3.30. The highest BCUT2D eigenvalue weighted by atomic mass is 16.4. The SMILES string of the molecule is Cc1cccc(Cn2nccc2NC(=O)CN2C[C@@H]3CCC[C@@]3(C(=O)O)C2)c1. The highest BCUT2D eigenvalue weighted by molar-refractivity contribution is 5.91. The molecule has 28 heavy (non-hydrogen) atoms. The molecule has 0 bridgehead atoms. The third-order valence-electron chi connectivity index (χ3n) is 6.13. The van der Waals surface area contributed by atoms with Gasteiger partial charge in [-0.2, -0.15) is 5.10 Å². The zero-order valence-corrected chi connectivity index (χ0v) is 16.1. The zero-order valence-electron chi connectivity index (χ0n) is 16.1. The Bertz CT molecular complexity index is 893. The molecule has 7 nitrogen and oxygen atoms in total. The first-order valence-corrected chi connectivity index (χ1v) is 9.79. The van der Waals surface area contributed by atoms with E-state index in [1.54, 1.807) is 16.9 Å². The summed E-state index contributed by atoms with van der Waals surface area (Å²) in [7, 11) is 0. The Balaban J connectivity index is 1.38. The Morgan fingerprint density at radius 3 is 2.96 bits per heavy atom. The maximum absolute atomic E-state index is 12.6. The first-order valence-electron chi connectivity index (χ1n) is 9.79. The number of aromatic nitrogens is 2. The number of nitrogens with one attached hydrogen (secondary N) is 1. The lowest BCUT2D eigenvalue weighted by Gasteiger charge is -2.23. The van der Waals surface area contributed by atoms with Crippen molar-refractivity contribution >= 4 is 17.7 Å². The average molecular weight is 382 g/mol. The molecule has 4 rings (SSSR count). The van der Waals surface area contributed by atoms with Crippen molar-refractivity contribution in [2.75, 3.05) is 25.0 Å². The fraction of sp³-hybridized carbons (Fsp3) is 0.476. The van der Waals surface area contributed by atoms with Crippen LogP contribution >= 0.6 is 0 Å². The number of likely N-dealkylation sites (tertiary alicyclic amines) is 1. The van der Waals surface area contributed by atoms with E-state index in [1.165, 1.54) is 5.56 Å². The van der Waals surface area contributed by atoms with E-state index in [-0.39, 0.29) is 18.4 Å². The summed E-state index contributed by atoms with van der Waals surface area (Å²) in [6.07, 6.45) is 4.29. The number of carbonyl (C=O) groups excluding carboxylic acids is 1. The van der Waals surface area contributed by atoms with Gasteiger partial charge in [0.2, 0.25) is 5.91 Å². The number of aliphatic carboxylic acids is 1. The number of hydrogen-bond donors (Lipinski definition) is 2. The molecule has 7 heteroatoms. The molecule has 0 unspecified atom stereocenters. The van der Waals surface area contributed by atoms with Crippen LogP contribution in [0.3, 0.4) is 0 Å². The third kappa shape index (κ3) is 3.54. The molecule has 1 saturated heterocycles. The van der Waals surface area contributed by atoms with Crippen LogP contribution in [0.5, 0.6) is 0 Å². The Kier molecular flexibility index (Phi) is 4.93. The van der Waals surface area contributed by atoms with E-state index in [2.05, 4.69) is 16.5 Å². The van der Waals surface area contributed by atoms with Gasteiger partial charge in [0.1, 0.15) is 5.82 Å². The molecule has 1 amide bonds. The number of rotatable bonds is 6. The molecule has 2 heterocycles. The fourth-order valence-electron chi connectivity index (χ4n) is 4.80. The van der Waals surface area contributed by atoms with Crippen molar-refractivity contribution in [2.45, 2.75) is 32.7 Å². The van der Waals surface area contributed by atoms with Gasteiger partial charge >= 0.3 is 5.97 Å². The van der Waals surface area contributed by atoms with E-state index in [4.69, 9.17) is 0 Å². The largest absolute Gasteiger partial charge is 0.481 e. The van der Waals surface area contributed by atoms with Gasteiger partial charge in [-0.05, 0) is 31.2 Å². The number of benzene rings is 1. The van der Waals surface area contributed by atoms with E-state index >= 15 is 0 Å². The molecule has 1 aliphatic heterocycles. The van der Waals surface area contributed by atoms with Gasteiger partial charge in [-0.1, -0.05) is 36.2 Å². The normalized spacial score (nSPS) is 24.2. The topological polar surface area (TPSA) is 87.5 Å². The second-order valence-corrected chi connectivity index (χ2v) is 8.13. The number of carbonyl (C=O) groups is 2. The molecule has 1 saturated carbocycles. The number of nitrogens with zero attached hydrogens (tertiary/aromatic N) is 3. The standard InChI is InChI=1S/C21H26N4O3/c1-15-4-2-5-16(10-15)11-25-18(7-9-22-25)23-19(26)13-24-12-17-6-3-8-21(17,14-24)20(27)28/h2,4-5,7,9-10,17H,3,6,8,11-14H2,1H3,(H,23,26)(H,27,28)/t17-,21+/m0/s1. The quantitative estimate of drug-likeness (QED) is 0.801. The summed E-state index contributed by atoms with van der Waals surface area (Å²) >= 11 is 0.